The number of rotatable bonds is 5. The fourth-order valence-corrected chi connectivity index (χ4v) is 3.44. The Labute approximate surface area is 166 Å². The number of hydrogen-bond acceptors (Lipinski definition) is 6. The predicted octanol–water partition coefficient (Wildman–Crippen LogP) is 4.16. The fourth-order valence-electron chi connectivity index (χ4n) is 3.44. The molecular formula is C20H21F3N4O2. The number of fused-ring (bicyclic) bond motifs is 1. The van der Waals surface area contributed by atoms with Gasteiger partial charge >= 0.3 is 6.18 Å². The number of allylic oxidation sites excluding steroid dienone is 4. The molecule has 6 nitrogen and oxygen atoms in total. The first kappa shape index (κ1) is 19.5. The second-order valence-electron chi connectivity index (χ2n) is 7.02. The second kappa shape index (κ2) is 8.28. The van der Waals surface area contributed by atoms with Crippen molar-refractivity contribution >= 4 is 5.82 Å². The number of halogens is 3. The van der Waals surface area contributed by atoms with Crippen LogP contribution in [0.5, 0.6) is 0 Å². The molecule has 0 atom stereocenters. The number of ether oxygens (including phenoxy) is 2. The van der Waals surface area contributed by atoms with Gasteiger partial charge in [0.15, 0.2) is 12.0 Å². The summed E-state index contributed by atoms with van der Waals surface area (Å²) in [5.41, 5.74) is 2.66. The van der Waals surface area contributed by atoms with Crippen molar-refractivity contribution in [2.45, 2.75) is 38.4 Å². The molecule has 1 aromatic rings. The molecule has 154 valence electrons. The Bertz CT molecular complexity index is 890. The second-order valence-corrected chi connectivity index (χ2v) is 7.02. The van der Waals surface area contributed by atoms with Gasteiger partial charge in [-0.05, 0) is 24.8 Å². The van der Waals surface area contributed by atoms with Gasteiger partial charge in [-0.2, -0.15) is 13.2 Å². The Morgan fingerprint density at radius 1 is 1.17 bits per heavy atom. The number of hydrogen-bond donors (Lipinski definition) is 1. The summed E-state index contributed by atoms with van der Waals surface area (Å²) in [5.74, 6) is 1.62. The average molecular weight is 406 g/mol. The molecule has 1 N–H and O–H groups in total. The molecule has 0 aromatic carbocycles. The molecule has 0 amide bonds. The summed E-state index contributed by atoms with van der Waals surface area (Å²) >= 11 is 0. The van der Waals surface area contributed by atoms with Crippen LogP contribution in [0.3, 0.4) is 0 Å². The molecule has 3 heterocycles. The zero-order valence-corrected chi connectivity index (χ0v) is 15.7. The summed E-state index contributed by atoms with van der Waals surface area (Å²) in [7, 11) is 0. The first-order valence-corrected chi connectivity index (χ1v) is 9.46. The van der Waals surface area contributed by atoms with Gasteiger partial charge in [0.2, 0.25) is 5.88 Å². The normalized spacial score (nSPS) is 19.3. The van der Waals surface area contributed by atoms with Crippen molar-refractivity contribution < 1.29 is 22.6 Å². The van der Waals surface area contributed by atoms with Gasteiger partial charge in [-0.25, -0.2) is 9.97 Å². The molecule has 0 fully saturated rings. The van der Waals surface area contributed by atoms with Crippen molar-refractivity contribution in [3.63, 3.8) is 0 Å². The van der Waals surface area contributed by atoms with Gasteiger partial charge in [0.1, 0.15) is 18.4 Å². The monoisotopic (exact) mass is 406 g/mol. The summed E-state index contributed by atoms with van der Waals surface area (Å²) in [4.78, 5) is 10.3. The Balaban J connectivity index is 1.41. The van der Waals surface area contributed by atoms with Gasteiger partial charge in [0.05, 0.1) is 12.1 Å². The van der Waals surface area contributed by atoms with E-state index >= 15 is 0 Å². The molecule has 9 heteroatoms. The minimum absolute atomic E-state index is 0.0322. The minimum Gasteiger partial charge on any atom is -0.463 e. The van der Waals surface area contributed by atoms with Gasteiger partial charge in [0.25, 0.3) is 0 Å². The molecule has 0 saturated heterocycles. The lowest BCUT2D eigenvalue weighted by Gasteiger charge is -2.29. The van der Waals surface area contributed by atoms with E-state index < -0.39 is 12.6 Å². The quantitative estimate of drug-likeness (QED) is 0.792. The van der Waals surface area contributed by atoms with Crippen LogP contribution >= 0.6 is 0 Å². The molecule has 0 radical (unpaired) electrons. The summed E-state index contributed by atoms with van der Waals surface area (Å²) < 4.78 is 48.8. The van der Waals surface area contributed by atoms with Crippen molar-refractivity contribution in [3.05, 3.63) is 65.6 Å². The van der Waals surface area contributed by atoms with E-state index in [1.54, 1.807) is 11.2 Å². The zero-order valence-electron chi connectivity index (χ0n) is 15.7. The van der Waals surface area contributed by atoms with E-state index in [-0.39, 0.29) is 6.54 Å². The molecule has 3 aliphatic rings. The number of anilines is 1. The molecule has 1 aliphatic carbocycles. The number of nitrogens with one attached hydrogen (secondary N) is 1. The van der Waals surface area contributed by atoms with Crippen molar-refractivity contribution in [1.82, 2.24) is 14.9 Å². The largest absolute Gasteiger partial charge is 0.463 e. The highest BCUT2D eigenvalue weighted by Gasteiger charge is 2.29. The first-order chi connectivity index (χ1) is 14.0. The van der Waals surface area contributed by atoms with E-state index in [4.69, 9.17) is 9.47 Å². The van der Waals surface area contributed by atoms with E-state index in [0.29, 0.717) is 37.0 Å². The summed E-state index contributed by atoms with van der Waals surface area (Å²) in [6.45, 7) is 0.852. The zero-order chi connectivity index (χ0) is 20.3. The van der Waals surface area contributed by atoms with Crippen molar-refractivity contribution in [2.75, 3.05) is 18.4 Å². The Morgan fingerprint density at radius 3 is 2.86 bits per heavy atom. The molecule has 29 heavy (non-hydrogen) atoms. The molecule has 0 unspecified atom stereocenters. The molecule has 1 aromatic heterocycles. The Hall–Kier alpha value is -2.81. The van der Waals surface area contributed by atoms with Gasteiger partial charge in [-0.3, -0.25) is 4.90 Å². The maximum absolute atomic E-state index is 12.5. The topological polar surface area (TPSA) is 59.5 Å². The molecule has 4 rings (SSSR count). The van der Waals surface area contributed by atoms with Crippen LogP contribution in [0.1, 0.15) is 30.5 Å². The van der Waals surface area contributed by atoms with Crippen LogP contribution in [0.25, 0.3) is 0 Å². The highest BCUT2D eigenvalue weighted by Crippen LogP contribution is 2.29. The van der Waals surface area contributed by atoms with Gasteiger partial charge in [0, 0.05) is 25.2 Å². The predicted molar refractivity (Wildman–Crippen MR) is 100 cm³/mol. The van der Waals surface area contributed by atoms with Gasteiger partial charge in [-0.15, -0.1) is 0 Å². The first-order valence-electron chi connectivity index (χ1n) is 9.46. The fraction of sp³-hybridized carbons (Fsp3) is 0.400. The van der Waals surface area contributed by atoms with E-state index in [2.05, 4.69) is 21.4 Å². The van der Waals surface area contributed by atoms with Gasteiger partial charge in [-0.1, -0.05) is 18.2 Å². The molecule has 0 bridgehead atoms. The molecule has 0 saturated carbocycles. The van der Waals surface area contributed by atoms with E-state index in [1.807, 2.05) is 12.2 Å². The average Bonchev–Trinajstić information content (AvgIpc) is 2.73. The Kier molecular flexibility index (Phi) is 5.57. The Morgan fingerprint density at radius 2 is 2.07 bits per heavy atom. The number of nitrogens with zero attached hydrogens (tertiary/aromatic N) is 3. The summed E-state index contributed by atoms with van der Waals surface area (Å²) in [6.07, 6.45) is 7.89. The lowest BCUT2D eigenvalue weighted by molar-refractivity contribution is -0.138. The third-order valence-corrected chi connectivity index (χ3v) is 4.94. The highest BCUT2D eigenvalue weighted by atomic mass is 19.4. The van der Waals surface area contributed by atoms with Crippen molar-refractivity contribution in [2.24, 2.45) is 0 Å². The van der Waals surface area contributed by atoms with E-state index in [9.17, 15) is 13.2 Å². The van der Waals surface area contributed by atoms with Crippen LogP contribution in [-0.4, -0.2) is 34.1 Å². The molecule has 0 spiro atoms. The lowest BCUT2D eigenvalue weighted by atomic mass is 10.0. The van der Waals surface area contributed by atoms with E-state index in [1.165, 1.54) is 12.6 Å². The summed E-state index contributed by atoms with van der Waals surface area (Å²) in [5, 5.41) is 3.13. The standard InChI is InChI=1S/C20H21F3N4O2/c21-20(22,23)7-9-27-8-6-15-16(10-27)24-13-25-19(15)26-18-12-28-11-17(29-18)14-4-2-1-3-5-14/h1-2,4,11-13H,3,5-10H2,(H,24,25,26). The van der Waals surface area contributed by atoms with Crippen LogP contribution in [0.2, 0.25) is 0 Å². The van der Waals surface area contributed by atoms with Crippen molar-refractivity contribution in [1.29, 1.82) is 0 Å². The van der Waals surface area contributed by atoms with Crippen LogP contribution in [0.15, 0.2) is 54.3 Å². The number of alkyl halides is 3. The highest BCUT2D eigenvalue weighted by molar-refractivity contribution is 5.50. The number of aromatic nitrogens is 2. The maximum atomic E-state index is 12.5. The third kappa shape index (κ3) is 4.97. The lowest BCUT2D eigenvalue weighted by Crippen LogP contribution is -2.34. The third-order valence-electron chi connectivity index (χ3n) is 4.94. The maximum Gasteiger partial charge on any atom is 0.390 e. The van der Waals surface area contributed by atoms with E-state index in [0.717, 1.165) is 29.7 Å². The SMILES string of the molecule is FC(F)(F)CCN1CCc2c(ncnc2NC2=COC=C(C3=CC=CCC3)O2)C1. The summed E-state index contributed by atoms with van der Waals surface area (Å²) in [6, 6.07) is 0. The van der Waals surface area contributed by atoms with Crippen molar-refractivity contribution in [3.8, 4) is 0 Å². The minimum atomic E-state index is -4.15. The van der Waals surface area contributed by atoms with Crippen LogP contribution in [0, 0.1) is 0 Å². The molecular weight excluding hydrogens is 385 g/mol. The van der Waals surface area contributed by atoms with Crippen LogP contribution in [-0.2, 0) is 22.4 Å². The van der Waals surface area contributed by atoms with Crippen LogP contribution in [0.4, 0.5) is 19.0 Å². The van der Waals surface area contributed by atoms with Gasteiger partial charge < -0.3 is 14.8 Å². The molecule has 2 aliphatic heterocycles. The van der Waals surface area contributed by atoms with Crippen LogP contribution < -0.4 is 5.32 Å². The smallest absolute Gasteiger partial charge is 0.390 e.